The molecule has 0 bridgehead atoms. The molecule has 0 aromatic carbocycles. The van der Waals surface area contributed by atoms with Gasteiger partial charge in [-0.25, -0.2) is 19.2 Å². The van der Waals surface area contributed by atoms with Gasteiger partial charge in [0.2, 0.25) is 0 Å². The molecule has 0 aliphatic carbocycles. The van der Waals surface area contributed by atoms with E-state index in [4.69, 9.17) is 8.23 Å². The highest BCUT2D eigenvalue weighted by Gasteiger charge is 2.39. The second-order valence-corrected chi connectivity index (χ2v) is 25.6. The van der Waals surface area contributed by atoms with E-state index in [0.717, 1.165) is 50.6 Å². The van der Waals surface area contributed by atoms with E-state index in [1.54, 1.807) is 36.1 Å². The number of urea groups is 2. The third-order valence-corrected chi connectivity index (χ3v) is 18.6. The van der Waals surface area contributed by atoms with E-state index in [2.05, 4.69) is 77.4 Å². The van der Waals surface area contributed by atoms with Gasteiger partial charge in [0.05, 0.1) is 0 Å². The molecule has 2 heterocycles. The predicted octanol–water partition coefficient (Wildman–Crippen LogP) is 4.79. The molecule has 4 amide bonds. The molecule has 0 fully saturated rings. The first-order chi connectivity index (χ1) is 21.5. The molecule has 0 radical (unpaired) electrons. The topological polar surface area (TPSA) is 170 Å². The van der Waals surface area contributed by atoms with Crippen molar-refractivity contribution in [3.63, 3.8) is 0 Å². The summed E-state index contributed by atoms with van der Waals surface area (Å²) in [4.78, 5) is 56.2. The fraction of sp³-hybridized carbons (Fsp3) is 0.655. The summed E-state index contributed by atoms with van der Waals surface area (Å²) in [6.07, 6.45) is 9.01. The Morgan fingerprint density at radius 3 is 1.72 bits per heavy atom. The van der Waals surface area contributed by atoms with Crippen LogP contribution in [0.2, 0.25) is 51.4 Å². The lowest BCUT2D eigenvalue weighted by Crippen LogP contribution is -2.52. The van der Waals surface area contributed by atoms with Crippen LogP contribution in [-0.4, -0.2) is 69.4 Å². The number of aryl methyl sites for hydroxylation is 2. The number of hydrogen-bond acceptors (Lipinski definition) is 8. The SMILES string of the molecule is CCCCCCn1ccc(NC(=O)NCCC[Si](C)(C)O[Si](C)(C)O[Si](C)(C)CCCNC(=O)Nc2ccn(C)c(=O)n2)nc1=O. The summed E-state index contributed by atoms with van der Waals surface area (Å²) >= 11 is 0. The standard InChI is InChI=1S/C29H54N8O6Si3/c1-9-10-11-12-19-37-21-16-25(35-29(37)41)33-27(39)31-18-14-23-45(5,6)43-46(7,8)42-44(3,4)22-13-17-30-26(38)32-24-15-20-36(2)28(40)34-24/h15-16,20-21H,9-14,17-19,22-23H2,1-8H3,(H2,30,32,34,38,40)(H2,31,33,35,39,41). The van der Waals surface area contributed by atoms with Gasteiger partial charge in [0, 0.05) is 39.1 Å². The predicted molar refractivity (Wildman–Crippen MR) is 190 cm³/mol. The number of aromatic nitrogens is 4. The zero-order chi connectivity index (χ0) is 34.4. The van der Waals surface area contributed by atoms with Crippen molar-refractivity contribution in [3.05, 3.63) is 45.5 Å². The van der Waals surface area contributed by atoms with Crippen molar-refractivity contribution in [1.29, 1.82) is 0 Å². The van der Waals surface area contributed by atoms with Crippen LogP contribution < -0.4 is 32.6 Å². The highest BCUT2D eigenvalue weighted by Crippen LogP contribution is 2.26. The molecular weight excluding hydrogens is 641 g/mol. The zero-order valence-electron chi connectivity index (χ0n) is 28.8. The van der Waals surface area contributed by atoms with Gasteiger partial charge in [0.15, 0.2) is 16.6 Å². The molecule has 0 aliphatic heterocycles. The van der Waals surface area contributed by atoms with Gasteiger partial charge in [-0.15, -0.1) is 0 Å². The van der Waals surface area contributed by atoms with Crippen molar-refractivity contribution in [2.24, 2.45) is 7.05 Å². The highest BCUT2D eigenvalue weighted by molar-refractivity contribution is 6.87. The molecule has 4 N–H and O–H groups in total. The Kier molecular flexibility index (Phi) is 15.5. The van der Waals surface area contributed by atoms with Crippen LogP contribution in [0.1, 0.15) is 45.4 Å². The van der Waals surface area contributed by atoms with Gasteiger partial charge in [-0.2, -0.15) is 9.97 Å². The summed E-state index contributed by atoms with van der Waals surface area (Å²) in [5, 5.41) is 10.9. The van der Waals surface area contributed by atoms with Crippen molar-refractivity contribution in [2.75, 3.05) is 23.7 Å². The second kappa shape index (κ2) is 18.3. The molecule has 258 valence electrons. The van der Waals surface area contributed by atoms with E-state index in [9.17, 15) is 19.2 Å². The lowest BCUT2D eigenvalue weighted by atomic mass is 10.2. The Morgan fingerprint density at radius 1 is 0.739 bits per heavy atom. The van der Waals surface area contributed by atoms with E-state index in [1.165, 1.54) is 4.57 Å². The minimum atomic E-state index is -2.43. The van der Waals surface area contributed by atoms with Crippen molar-refractivity contribution in [3.8, 4) is 0 Å². The molecule has 0 spiro atoms. The molecule has 0 aliphatic rings. The summed E-state index contributed by atoms with van der Waals surface area (Å²) in [7, 11) is -4.99. The molecule has 2 rings (SSSR count). The molecule has 0 saturated carbocycles. The molecule has 2 aromatic rings. The maximum absolute atomic E-state index is 12.4. The van der Waals surface area contributed by atoms with Crippen LogP contribution in [0.3, 0.4) is 0 Å². The number of unbranched alkanes of at least 4 members (excludes halogenated alkanes) is 3. The fourth-order valence-electron chi connectivity index (χ4n) is 5.12. The van der Waals surface area contributed by atoms with Crippen molar-refractivity contribution < 1.29 is 17.8 Å². The number of anilines is 2. The smallest absolute Gasteiger partial charge is 0.349 e. The number of hydrogen-bond donors (Lipinski definition) is 4. The average Bonchev–Trinajstić information content (AvgIpc) is 2.93. The number of amides is 4. The first-order valence-electron chi connectivity index (χ1n) is 16.1. The van der Waals surface area contributed by atoms with Gasteiger partial charge in [-0.05, 0) is 82.8 Å². The number of carbonyl (C=O) groups excluding carboxylic acids is 2. The zero-order valence-corrected chi connectivity index (χ0v) is 31.8. The van der Waals surface area contributed by atoms with Crippen LogP contribution in [0.15, 0.2) is 34.1 Å². The first-order valence-corrected chi connectivity index (χ1v) is 25.2. The Hall–Kier alpha value is -3.13. The molecular formula is C29H54N8O6Si3. The summed E-state index contributed by atoms with van der Waals surface area (Å²) in [6.45, 7) is 16.5. The summed E-state index contributed by atoms with van der Waals surface area (Å²) in [5.74, 6) is 0.442. The molecule has 17 heteroatoms. The Labute approximate surface area is 275 Å². The van der Waals surface area contributed by atoms with Gasteiger partial charge >= 0.3 is 32.0 Å². The summed E-state index contributed by atoms with van der Waals surface area (Å²) < 4.78 is 16.2. The van der Waals surface area contributed by atoms with Crippen LogP contribution in [0, 0.1) is 0 Å². The Morgan fingerprint density at radius 2 is 1.24 bits per heavy atom. The quantitative estimate of drug-likeness (QED) is 0.120. The van der Waals surface area contributed by atoms with Gasteiger partial charge in [0.25, 0.3) is 0 Å². The van der Waals surface area contributed by atoms with Crippen LogP contribution in [0.5, 0.6) is 0 Å². The minimum absolute atomic E-state index is 0.207. The monoisotopic (exact) mass is 694 g/mol. The van der Waals surface area contributed by atoms with Gasteiger partial charge in [0.1, 0.15) is 11.6 Å². The Bertz CT molecular complexity index is 1400. The normalized spacial score (nSPS) is 12.1. The molecule has 0 unspecified atom stereocenters. The van der Waals surface area contributed by atoms with E-state index >= 15 is 0 Å². The van der Waals surface area contributed by atoms with Crippen LogP contribution in [-0.2, 0) is 21.8 Å². The van der Waals surface area contributed by atoms with Crippen molar-refractivity contribution >= 4 is 48.9 Å². The molecule has 0 atom stereocenters. The molecule has 2 aromatic heterocycles. The number of rotatable bonds is 19. The molecule has 0 saturated heterocycles. The molecule has 14 nitrogen and oxygen atoms in total. The van der Waals surface area contributed by atoms with Crippen LogP contribution in [0.4, 0.5) is 21.2 Å². The largest absolute Gasteiger partial charge is 0.437 e. The minimum Gasteiger partial charge on any atom is -0.437 e. The van der Waals surface area contributed by atoms with Crippen LogP contribution >= 0.6 is 0 Å². The number of nitrogens with zero attached hydrogens (tertiary/aromatic N) is 4. The van der Waals surface area contributed by atoms with Gasteiger partial charge in [-0.1, -0.05) is 26.2 Å². The van der Waals surface area contributed by atoms with E-state index in [-0.39, 0.29) is 17.3 Å². The lowest BCUT2D eigenvalue weighted by molar-refractivity contribution is 0.251. The maximum Gasteiger partial charge on any atom is 0.349 e. The van der Waals surface area contributed by atoms with Crippen molar-refractivity contribution in [2.45, 2.75) is 103 Å². The highest BCUT2D eigenvalue weighted by atomic mass is 28.5. The Balaban J connectivity index is 1.69. The van der Waals surface area contributed by atoms with E-state index in [1.807, 2.05) is 0 Å². The first kappa shape index (κ1) is 39.1. The fourth-order valence-corrected chi connectivity index (χ4v) is 19.2. The van der Waals surface area contributed by atoms with E-state index < -0.39 is 42.9 Å². The summed E-state index contributed by atoms with van der Waals surface area (Å²) in [5.41, 5.74) is -0.805. The average molecular weight is 695 g/mol. The second-order valence-electron chi connectivity index (χ2n) is 13.1. The van der Waals surface area contributed by atoms with Gasteiger partial charge < -0.3 is 23.4 Å². The van der Waals surface area contributed by atoms with Gasteiger partial charge in [-0.3, -0.25) is 15.2 Å². The van der Waals surface area contributed by atoms with Crippen molar-refractivity contribution in [1.82, 2.24) is 29.7 Å². The molecule has 46 heavy (non-hydrogen) atoms. The maximum atomic E-state index is 12.4. The van der Waals surface area contributed by atoms with Crippen LogP contribution in [0.25, 0.3) is 0 Å². The number of carbonyl (C=O) groups is 2. The third kappa shape index (κ3) is 15.4. The summed E-state index contributed by atoms with van der Waals surface area (Å²) in [6, 6.07) is 4.10. The van der Waals surface area contributed by atoms with E-state index in [0.29, 0.717) is 19.6 Å². The number of nitrogens with one attached hydrogen (secondary N) is 4. The lowest BCUT2D eigenvalue weighted by Gasteiger charge is -2.38. The third-order valence-electron chi connectivity index (χ3n) is 7.11.